The van der Waals surface area contributed by atoms with Crippen LogP contribution in [0.25, 0.3) is 0 Å². The van der Waals surface area contributed by atoms with Gasteiger partial charge in [0.25, 0.3) is 5.91 Å². The zero-order valence-electron chi connectivity index (χ0n) is 14.6. The molecule has 0 aliphatic carbocycles. The second-order valence-electron chi connectivity index (χ2n) is 6.78. The lowest BCUT2D eigenvalue weighted by atomic mass is 9.93. The Morgan fingerprint density at radius 1 is 1.25 bits per heavy atom. The third-order valence-corrected chi connectivity index (χ3v) is 3.90. The third-order valence-electron chi connectivity index (χ3n) is 3.90. The normalized spacial score (nSPS) is 13.7. The van der Waals surface area contributed by atoms with E-state index < -0.39 is 6.10 Å². The summed E-state index contributed by atoms with van der Waals surface area (Å²) in [4.78, 5) is 12.3. The predicted octanol–water partition coefficient (Wildman–Crippen LogP) is 2.89. The predicted molar refractivity (Wildman–Crippen MR) is 94.9 cm³/mol. The Kier molecular flexibility index (Phi) is 6.55. The van der Waals surface area contributed by atoms with Gasteiger partial charge in [-0.3, -0.25) is 9.89 Å². The van der Waals surface area contributed by atoms with Crippen LogP contribution in [-0.4, -0.2) is 33.9 Å². The van der Waals surface area contributed by atoms with Gasteiger partial charge in [0.15, 0.2) is 0 Å². The Hall–Kier alpha value is -2.14. The average molecular weight is 329 g/mol. The van der Waals surface area contributed by atoms with Gasteiger partial charge in [0.05, 0.1) is 6.10 Å². The number of carbonyl (C=O) groups is 1. The molecule has 0 aliphatic heterocycles. The number of hydrogen-bond donors (Lipinski definition) is 3. The topological polar surface area (TPSA) is 78.0 Å². The Morgan fingerprint density at radius 3 is 2.58 bits per heavy atom. The number of rotatable bonds is 8. The summed E-state index contributed by atoms with van der Waals surface area (Å²) in [5.74, 6) is 0.395. The van der Waals surface area contributed by atoms with Crippen molar-refractivity contribution in [3.63, 3.8) is 0 Å². The highest BCUT2D eigenvalue weighted by atomic mass is 16.3. The summed E-state index contributed by atoms with van der Waals surface area (Å²) in [6.45, 7) is 6.49. The fourth-order valence-electron chi connectivity index (χ4n) is 2.80. The monoisotopic (exact) mass is 329 g/mol. The van der Waals surface area contributed by atoms with E-state index >= 15 is 0 Å². The molecule has 1 amide bonds. The molecule has 0 aliphatic rings. The van der Waals surface area contributed by atoms with E-state index in [9.17, 15) is 9.90 Å². The molecular weight excluding hydrogens is 302 g/mol. The van der Waals surface area contributed by atoms with Crippen LogP contribution in [-0.2, 0) is 6.42 Å². The van der Waals surface area contributed by atoms with Gasteiger partial charge in [-0.15, -0.1) is 0 Å². The molecule has 2 rings (SSSR count). The van der Waals surface area contributed by atoms with E-state index in [0.717, 1.165) is 17.7 Å². The van der Waals surface area contributed by atoms with Crippen molar-refractivity contribution in [2.45, 2.75) is 45.6 Å². The number of aromatic amines is 1. The molecule has 2 unspecified atom stereocenters. The molecular formula is C19H27N3O2. The molecule has 2 aromatic rings. The van der Waals surface area contributed by atoms with Crippen LogP contribution < -0.4 is 5.32 Å². The molecule has 0 saturated carbocycles. The van der Waals surface area contributed by atoms with E-state index in [1.807, 2.05) is 36.4 Å². The summed E-state index contributed by atoms with van der Waals surface area (Å²) in [5, 5.41) is 19.7. The van der Waals surface area contributed by atoms with Gasteiger partial charge in [-0.1, -0.05) is 44.2 Å². The maximum absolute atomic E-state index is 12.3. The molecule has 130 valence electrons. The number of amides is 1. The lowest BCUT2D eigenvalue weighted by Crippen LogP contribution is -2.30. The first-order chi connectivity index (χ1) is 11.5. The van der Waals surface area contributed by atoms with Crippen LogP contribution in [0, 0.1) is 5.92 Å². The first-order valence-corrected chi connectivity index (χ1v) is 8.51. The molecule has 24 heavy (non-hydrogen) atoms. The molecule has 1 aromatic carbocycles. The highest BCUT2D eigenvalue weighted by Crippen LogP contribution is 2.20. The van der Waals surface area contributed by atoms with Gasteiger partial charge < -0.3 is 10.4 Å². The van der Waals surface area contributed by atoms with Crippen LogP contribution in [0.3, 0.4) is 0 Å². The van der Waals surface area contributed by atoms with Crippen molar-refractivity contribution in [3.8, 4) is 0 Å². The molecule has 3 N–H and O–H groups in total. The number of H-pyrrole nitrogens is 1. The number of nitrogens with one attached hydrogen (secondary N) is 2. The third kappa shape index (κ3) is 5.49. The summed E-state index contributed by atoms with van der Waals surface area (Å²) in [5.41, 5.74) is 2.49. The van der Waals surface area contributed by atoms with Crippen molar-refractivity contribution < 1.29 is 9.90 Å². The van der Waals surface area contributed by atoms with Crippen LogP contribution in [0.5, 0.6) is 0 Å². The Morgan fingerprint density at radius 2 is 1.96 bits per heavy atom. The average Bonchev–Trinajstić information content (AvgIpc) is 2.99. The second kappa shape index (κ2) is 8.64. The van der Waals surface area contributed by atoms with E-state index in [-0.39, 0.29) is 11.8 Å². The van der Waals surface area contributed by atoms with E-state index in [4.69, 9.17) is 0 Å². The van der Waals surface area contributed by atoms with E-state index in [1.165, 1.54) is 0 Å². The molecule has 0 bridgehead atoms. The summed E-state index contributed by atoms with van der Waals surface area (Å²) < 4.78 is 0. The van der Waals surface area contributed by atoms with E-state index in [2.05, 4.69) is 29.4 Å². The fraction of sp³-hybridized carbons (Fsp3) is 0.474. The minimum Gasteiger partial charge on any atom is -0.393 e. The lowest BCUT2D eigenvalue weighted by Gasteiger charge is -2.19. The highest BCUT2D eigenvalue weighted by Gasteiger charge is 2.17. The summed E-state index contributed by atoms with van der Waals surface area (Å²) in [6, 6.07) is 11.8. The van der Waals surface area contributed by atoms with Crippen LogP contribution in [0.15, 0.2) is 36.4 Å². The largest absolute Gasteiger partial charge is 0.393 e. The molecule has 5 nitrogen and oxygen atoms in total. The van der Waals surface area contributed by atoms with Gasteiger partial charge in [0.2, 0.25) is 0 Å². The van der Waals surface area contributed by atoms with Crippen LogP contribution in [0.1, 0.15) is 54.9 Å². The van der Waals surface area contributed by atoms with Crippen molar-refractivity contribution >= 4 is 5.91 Å². The Bertz CT molecular complexity index is 635. The first-order valence-electron chi connectivity index (χ1n) is 8.51. The number of aliphatic hydroxyl groups excluding tert-OH is 1. The number of nitrogens with zero attached hydrogens (tertiary/aromatic N) is 1. The van der Waals surface area contributed by atoms with Crippen LogP contribution in [0.2, 0.25) is 0 Å². The van der Waals surface area contributed by atoms with Gasteiger partial charge in [0.1, 0.15) is 5.69 Å². The number of benzene rings is 1. The molecule has 5 heteroatoms. The molecule has 0 fully saturated rings. The molecule has 0 saturated heterocycles. The molecule has 1 aromatic heterocycles. The van der Waals surface area contributed by atoms with Gasteiger partial charge in [0, 0.05) is 18.2 Å². The second-order valence-corrected chi connectivity index (χ2v) is 6.78. The molecule has 0 radical (unpaired) electrons. The Labute approximate surface area is 143 Å². The lowest BCUT2D eigenvalue weighted by molar-refractivity contribution is 0.0940. The number of aromatic nitrogens is 2. The van der Waals surface area contributed by atoms with E-state index in [0.29, 0.717) is 24.6 Å². The van der Waals surface area contributed by atoms with Crippen LogP contribution in [0.4, 0.5) is 0 Å². The summed E-state index contributed by atoms with van der Waals surface area (Å²) in [6.07, 6.45) is 1.05. The van der Waals surface area contributed by atoms with Gasteiger partial charge in [-0.2, -0.15) is 5.10 Å². The standard InChI is InChI=1S/C19H27N3O2/c1-13(2)9-17-11-18(22-21-17)19(24)20-12-16(10-14(3)23)15-7-5-4-6-8-15/h4-8,11,13-14,16,23H,9-10,12H2,1-3H3,(H,20,24)(H,21,22). The minimum atomic E-state index is -0.421. The van der Waals surface area contributed by atoms with Gasteiger partial charge in [-0.25, -0.2) is 0 Å². The van der Waals surface area contributed by atoms with Gasteiger partial charge >= 0.3 is 0 Å². The van der Waals surface area contributed by atoms with Crippen molar-refractivity contribution in [1.82, 2.24) is 15.5 Å². The van der Waals surface area contributed by atoms with Crippen molar-refractivity contribution in [3.05, 3.63) is 53.3 Å². The SMILES string of the molecule is CC(C)Cc1cc(C(=O)NCC(CC(C)O)c2ccccc2)n[nH]1. The van der Waals surface area contributed by atoms with E-state index in [1.54, 1.807) is 6.92 Å². The number of hydrogen-bond acceptors (Lipinski definition) is 3. The zero-order chi connectivity index (χ0) is 17.5. The maximum atomic E-state index is 12.3. The Balaban J connectivity index is 1.98. The maximum Gasteiger partial charge on any atom is 0.271 e. The smallest absolute Gasteiger partial charge is 0.271 e. The fourth-order valence-corrected chi connectivity index (χ4v) is 2.80. The van der Waals surface area contributed by atoms with Gasteiger partial charge in [-0.05, 0) is 37.3 Å². The quantitative estimate of drug-likeness (QED) is 0.697. The van der Waals surface area contributed by atoms with Crippen molar-refractivity contribution in [1.29, 1.82) is 0 Å². The van der Waals surface area contributed by atoms with Crippen molar-refractivity contribution in [2.75, 3.05) is 6.54 Å². The minimum absolute atomic E-state index is 0.0734. The first kappa shape index (κ1) is 18.2. The van der Waals surface area contributed by atoms with Crippen LogP contribution >= 0.6 is 0 Å². The summed E-state index contributed by atoms with van der Waals surface area (Å²) >= 11 is 0. The number of carbonyl (C=O) groups excluding carboxylic acids is 1. The summed E-state index contributed by atoms with van der Waals surface area (Å²) in [7, 11) is 0. The molecule has 2 atom stereocenters. The highest BCUT2D eigenvalue weighted by molar-refractivity contribution is 5.92. The molecule has 1 heterocycles. The van der Waals surface area contributed by atoms with Crippen molar-refractivity contribution in [2.24, 2.45) is 5.92 Å². The zero-order valence-corrected chi connectivity index (χ0v) is 14.6. The molecule has 0 spiro atoms. The number of aliphatic hydroxyl groups is 1.